The Bertz CT molecular complexity index is 638. The van der Waals surface area contributed by atoms with Crippen molar-refractivity contribution < 1.29 is 4.92 Å². The fourth-order valence-electron chi connectivity index (χ4n) is 1.32. The van der Waals surface area contributed by atoms with Crippen LogP contribution in [0.3, 0.4) is 0 Å². The number of nitrogens with zero attached hydrogens (tertiary/aromatic N) is 4. The molecule has 0 saturated heterocycles. The van der Waals surface area contributed by atoms with Crippen LogP contribution in [0.5, 0.6) is 0 Å². The molecule has 9 heteroatoms. The largest absolute Gasteiger partial charge is 0.384 e. The van der Waals surface area contributed by atoms with E-state index in [0.717, 1.165) is 10.9 Å². The number of amidine groups is 1. The van der Waals surface area contributed by atoms with E-state index in [0.29, 0.717) is 5.56 Å². The minimum absolute atomic E-state index is 0.114. The highest BCUT2D eigenvalue weighted by molar-refractivity contribution is 6.35. The SMILES string of the molecule is N=C(N)c1ccnc(-n2cc([N+](=O)[O-])cn2)c1Cl. The molecule has 0 aliphatic carbocycles. The highest BCUT2D eigenvalue weighted by Crippen LogP contribution is 2.23. The maximum Gasteiger partial charge on any atom is 0.307 e. The van der Waals surface area contributed by atoms with Crippen LogP contribution in [0.4, 0.5) is 5.69 Å². The third kappa shape index (κ3) is 2.00. The number of pyridine rings is 1. The van der Waals surface area contributed by atoms with E-state index >= 15 is 0 Å². The van der Waals surface area contributed by atoms with E-state index in [4.69, 9.17) is 22.7 Å². The van der Waals surface area contributed by atoms with Gasteiger partial charge in [-0.05, 0) is 6.07 Å². The van der Waals surface area contributed by atoms with Gasteiger partial charge in [-0.3, -0.25) is 15.5 Å². The van der Waals surface area contributed by atoms with Crippen LogP contribution in [-0.4, -0.2) is 25.5 Å². The molecule has 2 aromatic rings. The van der Waals surface area contributed by atoms with E-state index in [1.807, 2.05) is 0 Å². The van der Waals surface area contributed by atoms with Crippen molar-refractivity contribution in [3.05, 3.63) is 45.4 Å². The number of hydrogen-bond acceptors (Lipinski definition) is 5. The first kappa shape index (κ1) is 12.0. The first-order valence-corrected chi connectivity index (χ1v) is 5.07. The van der Waals surface area contributed by atoms with Gasteiger partial charge < -0.3 is 5.73 Å². The third-order valence-corrected chi connectivity index (χ3v) is 2.53. The summed E-state index contributed by atoms with van der Waals surface area (Å²) in [6.07, 6.45) is 3.65. The summed E-state index contributed by atoms with van der Waals surface area (Å²) in [4.78, 5) is 13.9. The lowest BCUT2D eigenvalue weighted by Gasteiger charge is -2.06. The average Bonchev–Trinajstić information content (AvgIpc) is 2.78. The lowest BCUT2D eigenvalue weighted by Crippen LogP contribution is -2.13. The lowest BCUT2D eigenvalue weighted by molar-refractivity contribution is -0.384. The van der Waals surface area contributed by atoms with Gasteiger partial charge in [-0.1, -0.05) is 11.6 Å². The molecule has 0 unspecified atom stereocenters. The van der Waals surface area contributed by atoms with Crippen LogP contribution in [0.25, 0.3) is 5.82 Å². The normalized spacial score (nSPS) is 10.3. The summed E-state index contributed by atoms with van der Waals surface area (Å²) in [5, 5.41) is 21.8. The monoisotopic (exact) mass is 266 g/mol. The van der Waals surface area contributed by atoms with Gasteiger partial charge >= 0.3 is 5.69 Å². The molecule has 0 aliphatic rings. The van der Waals surface area contributed by atoms with E-state index in [1.165, 1.54) is 18.5 Å². The summed E-state index contributed by atoms with van der Waals surface area (Å²) < 4.78 is 1.16. The summed E-state index contributed by atoms with van der Waals surface area (Å²) in [5.41, 5.74) is 5.46. The molecule has 2 aromatic heterocycles. The van der Waals surface area contributed by atoms with Crippen molar-refractivity contribution in [2.75, 3.05) is 0 Å². The molecule has 92 valence electrons. The average molecular weight is 267 g/mol. The summed E-state index contributed by atoms with van der Waals surface area (Å²) in [7, 11) is 0. The first-order chi connectivity index (χ1) is 8.50. The number of rotatable bonds is 3. The fourth-order valence-corrected chi connectivity index (χ4v) is 1.62. The molecule has 3 N–H and O–H groups in total. The van der Waals surface area contributed by atoms with Crippen molar-refractivity contribution in [2.45, 2.75) is 0 Å². The Hall–Kier alpha value is -2.48. The van der Waals surface area contributed by atoms with Crippen molar-refractivity contribution in [3.8, 4) is 5.82 Å². The number of nitrogens with two attached hydrogens (primary N) is 1. The van der Waals surface area contributed by atoms with E-state index in [2.05, 4.69) is 10.1 Å². The van der Waals surface area contributed by atoms with Crippen LogP contribution in [0.15, 0.2) is 24.7 Å². The summed E-state index contributed by atoms with van der Waals surface area (Å²) in [5.74, 6) is -0.0391. The smallest absolute Gasteiger partial charge is 0.307 e. The predicted octanol–water partition coefficient (Wildman–Crippen LogP) is 1.11. The minimum Gasteiger partial charge on any atom is -0.384 e. The summed E-state index contributed by atoms with van der Waals surface area (Å²) in [6.45, 7) is 0. The second kappa shape index (κ2) is 4.41. The zero-order valence-electron chi connectivity index (χ0n) is 8.87. The molecule has 2 heterocycles. The number of nitrogens with one attached hydrogen (secondary N) is 1. The Kier molecular flexibility index (Phi) is 2.94. The van der Waals surface area contributed by atoms with Crippen LogP contribution in [0.2, 0.25) is 5.02 Å². The zero-order valence-corrected chi connectivity index (χ0v) is 9.63. The molecule has 0 bridgehead atoms. The Labute approximate surface area is 106 Å². The first-order valence-electron chi connectivity index (χ1n) is 4.69. The number of aromatic nitrogens is 3. The third-order valence-electron chi connectivity index (χ3n) is 2.16. The summed E-state index contributed by atoms with van der Waals surface area (Å²) in [6, 6.07) is 1.48. The standard InChI is InChI=1S/C9H7ClN6O2/c10-7-6(8(11)12)1-2-13-9(7)15-4-5(3-14-15)16(17)18/h1-4H,(H3,11,12). The van der Waals surface area contributed by atoms with Gasteiger partial charge in [0, 0.05) is 11.8 Å². The summed E-state index contributed by atoms with van der Waals surface area (Å²) >= 11 is 6.01. The Morgan fingerprint density at radius 2 is 2.33 bits per heavy atom. The van der Waals surface area contributed by atoms with E-state index in [9.17, 15) is 10.1 Å². The molecule has 0 atom stereocenters. The predicted molar refractivity (Wildman–Crippen MR) is 64.0 cm³/mol. The van der Waals surface area contributed by atoms with Crippen molar-refractivity contribution in [1.82, 2.24) is 14.8 Å². The molecule has 0 aromatic carbocycles. The quantitative estimate of drug-likeness (QED) is 0.373. The Morgan fingerprint density at radius 3 is 2.89 bits per heavy atom. The molecular weight excluding hydrogens is 260 g/mol. The van der Waals surface area contributed by atoms with Crippen molar-refractivity contribution >= 4 is 23.1 Å². The molecule has 18 heavy (non-hydrogen) atoms. The van der Waals surface area contributed by atoms with Gasteiger partial charge in [0.05, 0.1) is 9.95 Å². The number of hydrogen-bond donors (Lipinski definition) is 2. The Morgan fingerprint density at radius 1 is 1.61 bits per heavy atom. The van der Waals surface area contributed by atoms with Gasteiger partial charge in [-0.2, -0.15) is 5.10 Å². The molecule has 0 amide bonds. The van der Waals surface area contributed by atoms with Crippen LogP contribution in [-0.2, 0) is 0 Å². The van der Waals surface area contributed by atoms with E-state index in [1.54, 1.807) is 0 Å². The van der Waals surface area contributed by atoms with E-state index < -0.39 is 4.92 Å². The van der Waals surface area contributed by atoms with Crippen LogP contribution in [0.1, 0.15) is 5.56 Å². The van der Waals surface area contributed by atoms with Crippen LogP contribution in [0, 0.1) is 15.5 Å². The van der Waals surface area contributed by atoms with Crippen LogP contribution >= 0.6 is 11.6 Å². The van der Waals surface area contributed by atoms with Crippen LogP contribution < -0.4 is 5.73 Å². The van der Waals surface area contributed by atoms with Gasteiger partial charge in [-0.25, -0.2) is 9.67 Å². The zero-order chi connectivity index (χ0) is 13.3. The minimum atomic E-state index is -0.577. The molecule has 0 spiro atoms. The number of nitrogen functional groups attached to an aromatic ring is 1. The van der Waals surface area contributed by atoms with Crippen molar-refractivity contribution in [2.24, 2.45) is 5.73 Å². The Balaban J connectivity index is 2.53. The maximum absolute atomic E-state index is 10.6. The highest BCUT2D eigenvalue weighted by Gasteiger charge is 2.15. The lowest BCUT2D eigenvalue weighted by atomic mass is 10.2. The number of nitro groups is 1. The molecule has 0 aliphatic heterocycles. The number of halogens is 1. The second-order valence-corrected chi connectivity index (χ2v) is 3.69. The highest BCUT2D eigenvalue weighted by atomic mass is 35.5. The van der Waals surface area contributed by atoms with Gasteiger partial charge in [0.15, 0.2) is 5.82 Å². The molecular formula is C9H7ClN6O2. The molecule has 8 nitrogen and oxygen atoms in total. The van der Waals surface area contributed by atoms with E-state index in [-0.39, 0.29) is 22.4 Å². The van der Waals surface area contributed by atoms with Gasteiger partial charge in [0.25, 0.3) is 0 Å². The van der Waals surface area contributed by atoms with Gasteiger partial charge in [0.1, 0.15) is 18.2 Å². The topological polar surface area (TPSA) is 124 Å². The fraction of sp³-hybridized carbons (Fsp3) is 0. The molecule has 0 saturated carbocycles. The molecule has 0 fully saturated rings. The van der Waals surface area contributed by atoms with Crippen molar-refractivity contribution in [3.63, 3.8) is 0 Å². The second-order valence-electron chi connectivity index (χ2n) is 3.31. The molecule has 0 radical (unpaired) electrons. The van der Waals surface area contributed by atoms with Crippen molar-refractivity contribution in [1.29, 1.82) is 5.41 Å². The van der Waals surface area contributed by atoms with Gasteiger partial charge in [0.2, 0.25) is 0 Å². The van der Waals surface area contributed by atoms with Gasteiger partial charge in [-0.15, -0.1) is 0 Å². The maximum atomic E-state index is 10.6. The molecule has 2 rings (SSSR count).